The average molecular weight is 328 g/mol. The fraction of sp³-hybridized carbons (Fsp3) is 0.571. The van der Waals surface area contributed by atoms with Crippen molar-refractivity contribution in [1.29, 1.82) is 0 Å². The van der Waals surface area contributed by atoms with Gasteiger partial charge in [0, 0.05) is 42.8 Å². The summed E-state index contributed by atoms with van der Waals surface area (Å²) >= 11 is 3.53. The monoisotopic (exact) mass is 327 g/mol. The number of hydrogen-bond donors (Lipinski definition) is 1. The van der Waals surface area contributed by atoms with Gasteiger partial charge < -0.3 is 15.4 Å². The van der Waals surface area contributed by atoms with Gasteiger partial charge in [-0.15, -0.1) is 0 Å². The van der Waals surface area contributed by atoms with Crippen molar-refractivity contribution < 1.29 is 4.74 Å². The normalized spacial score (nSPS) is 19.4. The highest BCUT2D eigenvalue weighted by molar-refractivity contribution is 9.10. The average Bonchev–Trinajstić information content (AvgIpc) is 2.42. The number of hydrogen-bond acceptors (Lipinski definition) is 4. The Labute approximate surface area is 123 Å². The summed E-state index contributed by atoms with van der Waals surface area (Å²) in [6, 6.07) is 6.34. The van der Waals surface area contributed by atoms with E-state index in [9.17, 15) is 0 Å². The Balaban J connectivity index is 2.23. The van der Waals surface area contributed by atoms with Crippen molar-refractivity contribution >= 4 is 15.9 Å². The molecule has 19 heavy (non-hydrogen) atoms. The molecular formula is C14H22BrN3O. The smallest absolute Gasteiger partial charge is 0.123 e. The van der Waals surface area contributed by atoms with E-state index in [1.165, 1.54) is 5.56 Å². The largest absolute Gasteiger partial charge is 0.496 e. The minimum absolute atomic E-state index is 0.223. The molecule has 0 aliphatic carbocycles. The van der Waals surface area contributed by atoms with Crippen LogP contribution in [0.3, 0.4) is 0 Å². The van der Waals surface area contributed by atoms with Crippen molar-refractivity contribution in [3.63, 3.8) is 0 Å². The van der Waals surface area contributed by atoms with Gasteiger partial charge in [0.1, 0.15) is 5.75 Å². The molecule has 0 amide bonds. The fourth-order valence-corrected chi connectivity index (χ4v) is 2.95. The molecule has 2 rings (SSSR count). The molecule has 0 bridgehead atoms. The summed E-state index contributed by atoms with van der Waals surface area (Å²) in [5, 5.41) is 0. The van der Waals surface area contributed by atoms with Crippen LogP contribution in [0.15, 0.2) is 22.7 Å². The zero-order valence-corrected chi connectivity index (χ0v) is 13.2. The number of ether oxygens (including phenoxy) is 1. The summed E-state index contributed by atoms with van der Waals surface area (Å²) in [5.41, 5.74) is 7.19. The number of benzene rings is 1. The minimum Gasteiger partial charge on any atom is -0.496 e. The van der Waals surface area contributed by atoms with Crippen molar-refractivity contribution in [2.45, 2.75) is 6.04 Å². The van der Waals surface area contributed by atoms with Crippen LogP contribution < -0.4 is 10.5 Å². The number of nitrogens with zero attached hydrogens (tertiary/aromatic N) is 2. The van der Waals surface area contributed by atoms with E-state index in [4.69, 9.17) is 10.5 Å². The first-order valence-corrected chi connectivity index (χ1v) is 7.41. The van der Waals surface area contributed by atoms with Crippen molar-refractivity contribution in [2.75, 3.05) is 46.9 Å². The minimum atomic E-state index is 0.223. The fourth-order valence-electron chi connectivity index (χ4n) is 2.57. The zero-order valence-electron chi connectivity index (χ0n) is 11.6. The van der Waals surface area contributed by atoms with Crippen LogP contribution in [0.1, 0.15) is 11.6 Å². The number of methoxy groups -OCH3 is 1. The first-order valence-electron chi connectivity index (χ1n) is 6.61. The standard InChI is InChI=1S/C14H22BrN3O/c1-17-5-7-18(8-6-17)13(10-16)12-9-11(15)3-4-14(12)19-2/h3-4,9,13H,5-8,10,16H2,1-2H3. The number of piperazine rings is 1. The van der Waals surface area contributed by atoms with Gasteiger partial charge in [-0.3, -0.25) is 4.90 Å². The first-order chi connectivity index (χ1) is 9.15. The summed E-state index contributed by atoms with van der Waals surface area (Å²) < 4.78 is 6.55. The molecule has 1 atom stereocenters. The predicted molar refractivity (Wildman–Crippen MR) is 81.6 cm³/mol. The maximum Gasteiger partial charge on any atom is 0.123 e. The first kappa shape index (κ1) is 14.8. The van der Waals surface area contributed by atoms with Crippen molar-refractivity contribution in [1.82, 2.24) is 9.80 Å². The second kappa shape index (κ2) is 6.70. The highest BCUT2D eigenvalue weighted by Gasteiger charge is 2.25. The second-order valence-electron chi connectivity index (χ2n) is 4.98. The van der Waals surface area contributed by atoms with Crippen molar-refractivity contribution in [2.24, 2.45) is 5.73 Å². The molecule has 1 heterocycles. The molecule has 1 aliphatic rings. The van der Waals surface area contributed by atoms with Gasteiger partial charge >= 0.3 is 0 Å². The van der Waals surface area contributed by atoms with Gasteiger partial charge in [-0.25, -0.2) is 0 Å². The molecule has 0 spiro atoms. The van der Waals surface area contributed by atoms with Crippen LogP contribution in [0.2, 0.25) is 0 Å². The van der Waals surface area contributed by atoms with Crippen LogP contribution in [-0.4, -0.2) is 56.7 Å². The Kier molecular flexibility index (Phi) is 5.21. The Hall–Kier alpha value is -0.620. The summed E-state index contributed by atoms with van der Waals surface area (Å²) in [7, 11) is 3.87. The third-order valence-corrected chi connectivity index (χ3v) is 4.25. The lowest BCUT2D eigenvalue weighted by Crippen LogP contribution is -2.47. The SMILES string of the molecule is COc1ccc(Br)cc1C(CN)N1CCN(C)CC1. The van der Waals surface area contributed by atoms with E-state index in [0.717, 1.165) is 36.4 Å². The molecule has 4 nitrogen and oxygen atoms in total. The van der Waals surface area contributed by atoms with E-state index in [0.29, 0.717) is 6.54 Å². The lowest BCUT2D eigenvalue weighted by molar-refractivity contribution is 0.113. The maximum atomic E-state index is 6.02. The van der Waals surface area contributed by atoms with E-state index >= 15 is 0 Å². The van der Waals surface area contributed by atoms with E-state index in [1.54, 1.807) is 7.11 Å². The second-order valence-corrected chi connectivity index (χ2v) is 5.89. The summed E-state index contributed by atoms with van der Waals surface area (Å²) in [6.45, 7) is 4.89. The van der Waals surface area contributed by atoms with Crippen LogP contribution in [0, 0.1) is 0 Å². The lowest BCUT2D eigenvalue weighted by Gasteiger charge is -2.38. The van der Waals surface area contributed by atoms with E-state index in [2.05, 4.69) is 38.8 Å². The third-order valence-electron chi connectivity index (χ3n) is 3.75. The maximum absolute atomic E-state index is 6.02. The summed E-state index contributed by atoms with van der Waals surface area (Å²) in [5.74, 6) is 0.914. The molecule has 2 N–H and O–H groups in total. The molecule has 0 saturated carbocycles. The number of nitrogens with two attached hydrogens (primary N) is 1. The van der Waals surface area contributed by atoms with Crippen LogP contribution in [0.4, 0.5) is 0 Å². The number of likely N-dealkylation sites (N-methyl/N-ethyl adjacent to an activating group) is 1. The predicted octanol–water partition coefficient (Wildman–Crippen LogP) is 1.70. The van der Waals surface area contributed by atoms with Gasteiger partial charge in [0.05, 0.1) is 13.2 Å². The molecule has 1 aromatic carbocycles. The van der Waals surface area contributed by atoms with Crippen molar-refractivity contribution in [3.05, 3.63) is 28.2 Å². The van der Waals surface area contributed by atoms with Crippen LogP contribution in [0.25, 0.3) is 0 Å². The Bertz CT molecular complexity index is 419. The van der Waals surface area contributed by atoms with E-state index in [1.807, 2.05) is 12.1 Å². The van der Waals surface area contributed by atoms with E-state index < -0.39 is 0 Å². The molecule has 0 radical (unpaired) electrons. The third kappa shape index (κ3) is 3.48. The number of halogens is 1. The van der Waals surface area contributed by atoms with E-state index in [-0.39, 0.29) is 6.04 Å². The Morgan fingerprint density at radius 2 is 2.00 bits per heavy atom. The molecule has 1 saturated heterocycles. The highest BCUT2D eigenvalue weighted by Crippen LogP contribution is 2.31. The van der Waals surface area contributed by atoms with Crippen molar-refractivity contribution in [3.8, 4) is 5.75 Å². The molecule has 1 fully saturated rings. The summed E-state index contributed by atoms with van der Waals surface area (Å²) in [4.78, 5) is 4.80. The van der Waals surface area contributed by atoms with Gasteiger partial charge in [-0.1, -0.05) is 15.9 Å². The van der Waals surface area contributed by atoms with Gasteiger partial charge in [-0.05, 0) is 25.2 Å². The molecule has 1 unspecified atom stereocenters. The Morgan fingerprint density at radius 3 is 2.58 bits per heavy atom. The molecule has 1 aliphatic heterocycles. The molecule has 0 aromatic heterocycles. The lowest BCUT2D eigenvalue weighted by atomic mass is 10.0. The van der Waals surface area contributed by atoms with Crippen LogP contribution in [0.5, 0.6) is 5.75 Å². The van der Waals surface area contributed by atoms with Gasteiger partial charge in [-0.2, -0.15) is 0 Å². The van der Waals surface area contributed by atoms with Gasteiger partial charge in [0.15, 0.2) is 0 Å². The molecular weight excluding hydrogens is 306 g/mol. The topological polar surface area (TPSA) is 41.7 Å². The molecule has 106 valence electrons. The van der Waals surface area contributed by atoms with Crippen LogP contribution >= 0.6 is 15.9 Å². The molecule has 5 heteroatoms. The Morgan fingerprint density at radius 1 is 1.32 bits per heavy atom. The number of rotatable bonds is 4. The van der Waals surface area contributed by atoms with Gasteiger partial charge in [0.2, 0.25) is 0 Å². The molecule has 1 aromatic rings. The van der Waals surface area contributed by atoms with Crippen LogP contribution in [-0.2, 0) is 0 Å². The summed E-state index contributed by atoms with van der Waals surface area (Å²) in [6.07, 6.45) is 0. The zero-order chi connectivity index (χ0) is 13.8. The highest BCUT2D eigenvalue weighted by atomic mass is 79.9. The van der Waals surface area contributed by atoms with Gasteiger partial charge in [0.25, 0.3) is 0 Å². The quantitative estimate of drug-likeness (QED) is 0.914.